The zero-order valence-electron chi connectivity index (χ0n) is 19.5. The molecule has 4 atom stereocenters. The van der Waals surface area contributed by atoms with E-state index < -0.39 is 31.1 Å². The van der Waals surface area contributed by atoms with Crippen molar-refractivity contribution in [3.63, 3.8) is 0 Å². The van der Waals surface area contributed by atoms with Crippen molar-refractivity contribution in [3.05, 3.63) is 47.9 Å². The van der Waals surface area contributed by atoms with Crippen molar-refractivity contribution in [3.8, 4) is 11.5 Å². The number of imidazole rings is 1. The van der Waals surface area contributed by atoms with Gasteiger partial charge in [0, 0.05) is 12.5 Å². The van der Waals surface area contributed by atoms with E-state index in [2.05, 4.69) is 25.7 Å². The van der Waals surface area contributed by atoms with Gasteiger partial charge in [-0.05, 0) is 18.4 Å². The Bertz CT molecular complexity index is 1340. The largest absolute Gasteiger partial charge is 0.394 e. The standard InChI is InChI=1S/C24H28N8O4/c33-11-16-19(34)20(35)24(36-16)32-12-25-18-22(26-14-8-4-5-9-14)27-21(28-23(18)32)17-15(29-31-30-17)10-13-6-2-1-3-7-13/h1-3,6-7,12,14,16,19-20,24,33-35H,4-5,8-11H2,(H,26,27,28)(H,29,30,31)/t16-,19-,20-,24?/m1/s1. The maximum absolute atomic E-state index is 10.6. The fraction of sp³-hybridized carbons (Fsp3) is 0.458. The molecule has 1 aliphatic heterocycles. The third-order valence-electron chi connectivity index (χ3n) is 6.97. The van der Waals surface area contributed by atoms with E-state index in [4.69, 9.17) is 14.7 Å². The summed E-state index contributed by atoms with van der Waals surface area (Å²) in [5.74, 6) is 0.958. The quantitative estimate of drug-likeness (QED) is 0.253. The van der Waals surface area contributed by atoms with E-state index in [0.29, 0.717) is 40.6 Å². The van der Waals surface area contributed by atoms with Gasteiger partial charge in [-0.15, -0.1) is 5.10 Å². The van der Waals surface area contributed by atoms with Gasteiger partial charge in [0.05, 0.1) is 18.6 Å². The summed E-state index contributed by atoms with van der Waals surface area (Å²) in [7, 11) is 0. The number of H-pyrrole nitrogens is 1. The minimum Gasteiger partial charge on any atom is -0.394 e. The lowest BCUT2D eigenvalue weighted by Gasteiger charge is -2.18. The van der Waals surface area contributed by atoms with Crippen LogP contribution in [0.15, 0.2) is 36.7 Å². The van der Waals surface area contributed by atoms with E-state index in [1.807, 2.05) is 30.3 Å². The molecule has 1 unspecified atom stereocenters. The summed E-state index contributed by atoms with van der Waals surface area (Å²) >= 11 is 0. The van der Waals surface area contributed by atoms with Crippen LogP contribution in [0, 0.1) is 0 Å². The van der Waals surface area contributed by atoms with Crippen LogP contribution in [0.25, 0.3) is 22.7 Å². The number of aromatic nitrogens is 7. The molecule has 1 aliphatic carbocycles. The summed E-state index contributed by atoms with van der Waals surface area (Å²) in [6.07, 6.45) is 2.09. The van der Waals surface area contributed by atoms with Crippen LogP contribution in [0.2, 0.25) is 0 Å². The van der Waals surface area contributed by atoms with Crippen molar-refractivity contribution >= 4 is 17.0 Å². The van der Waals surface area contributed by atoms with Crippen LogP contribution in [0.3, 0.4) is 0 Å². The summed E-state index contributed by atoms with van der Waals surface area (Å²) in [5, 5.41) is 45.2. The number of hydrogen-bond acceptors (Lipinski definition) is 10. The van der Waals surface area contributed by atoms with Gasteiger partial charge in [-0.25, -0.2) is 15.0 Å². The average Bonchev–Trinajstić information content (AvgIpc) is 3.69. The fourth-order valence-corrected chi connectivity index (χ4v) is 5.03. The average molecular weight is 493 g/mol. The van der Waals surface area contributed by atoms with Crippen molar-refractivity contribution in [2.75, 3.05) is 11.9 Å². The van der Waals surface area contributed by atoms with E-state index in [0.717, 1.165) is 31.2 Å². The van der Waals surface area contributed by atoms with Crippen molar-refractivity contribution < 1.29 is 20.1 Å². The highest BCUT2D eigenvalue weighted by molar-refractivity contribution is 5.85. The maximum atomic E-state index is 10.6. The molecule has 1 saturated carbocycles. The molecule has 188 valence electrons. The molecule has 0 amide bonds. The van der Waals surface area contributed by atoms with Gasteiger partial charge in [-0.1, -0.05) is 48.4 Å². The van der Waals surface area contributed by atoms with Crippen LogP contribution in [0.1, 0.15) is 43.2 Å². The molecule has 6 rings (SSSR count). The lowest BCUT2D eigenvalue weighted by Crippen LogP contribution is -2.33. The van der Waals surface area contributed by atoms with Crippen LogP contribution in [0.5, 0.6) is 0 Å². The third-order valence-corrected chi connectivity index (χ3v) is 6.97. The molecule has 2 fully saturated rings. The Labute approximate surface area is 206 Å². The summed E-state index contributed by atoms with van der Waals surface area (Å²) in [5.41, 5.74) is 3.32. The van der Waals surface area contributed by atoms with Crippen LogP contribution in [-0.4, -0.2) is 81.2 Å². The number of rotatable bonds is 7. The number of aliphatic hydroxyl groups excluding tert-OH is 3. The van der Waals surface area contributed by atoms with E-state index in [-0.39, 0.29) is 6.04 Å². The van der Waals surface area contributed by atoms with E-state index in [1.54, 1.807) is 4.57 Å². The van der Waals surface area contributed by atoms with Gasteiger partial charge < -0.3 is 25.4 Å². The number of hydrogen-bond donors (Lipinski definition) is 5. The van der Waals surface area contributed by atoms with E-state index in [1.165, 1.54) is 6.33 Å². The lowest BCUT2D eigenvalue weighted by atomic mass is 10.1. The molecule has 2 aliphatic rings. The van der Waals surface area contributed by atoms with Gasteiger partial charge in [0.2, 0.25) is 0 Å². The molecule has 0 bridgehead atoms. The van der Waals surface area contributed by atoms with E-state index >= 15 is 0 Å². The lowest BCUT2D eigenvalue weighted by molar-refractivity contribution is -0.0511. The second-order valence-corrected chi connectivity index (χ2v) is 9.37. The zero-order valence-corrected chi connectivity index (χ0v) is 19.5. The Balaban J connectivity index is 1.44. The first kappa shape index (κ1) is 23.0. The minimum atomic E-state index is -1.26. The molecule has 4 heterocycles. The number of aromatic amines is 1. The number of benzene rings is 1. The molecule has 12 heteroatoms. The maximum Gasteiger partial charge on any atom is 0.183 e. The Kier molecular flexibility index (Phi) is 6.09. The molecule has 3 aromatic heterocycles. The fourth-order valence-electron chi connectivity index (χ4n) is 5.03. The van der Waals surface area contributed by atoms with Gasteiger partial charge in [0.25, 0.3) is 0 Å². The van der Waals surface area contributed by atoms with Gasteiger partial charge >= 0.3 is 0 Å². The van der Waals surface area contributed by atoms with Crippen LogP contribution < -0.4 is 5.32 Å². The van der Waals surface area contributed by atoms with Crippen molar-refractivity contribution in [1.29, 1.82) is 0 Å². The van der Waals surface area contributed by atoms with Gasteiger partial charge in [0.15, 0.2) is 29.0 Å². The molecule has 12 nitrogen and oxygen atoms in total. The molecule has 0 radical (unpaired) electrons. The van der Waals surface area contributed by atoms with Crippen molar-refractivity contribution in [2.24, 2.45) is 0 Å². The first-order valence-corrected chi connectivity index (χ1v) is 12.2. The second kappa shape index (κ2) is 9.54. The highest BCUT2D eigenvalue weighted by Gasteiger charge is 2.44. The summed E-state index contributed by atoms with van der Waals surface area (Å²) < 4.78 is 7.33. The zero-order chi connectivity index (χ0) is 24.6. The topological polar surface area (TPSA) is 167 Å². The van der Waals surface area contributed by atoms with Crippen LogP contribution in [-0.2, 0) is 11.2 Å². The highest BCUT2D eigenvalue weighted by atomic mass is 16.6. The third kappa shape index (κ3) is 4.11. The molecule has 1 saturated heterocycles. The number of nitrogens with zero attached hydrogens (tertiary/aromatic N) is 6. The summed E-state index contributed by atoms with van der Waals surface area (Å²) in [6.45, 7) is -0.418. The molecule has 36 heavy (non-hydrogen) atoms. The summed E-state index contributed by atoms with van der Waals surface area (Å²) in [6, 6.07) is 10.2. The Hall–Kier alpha value is -3.45. The monoisotopic (exact) mass is 492 g/mol. The van der Waals surface area contributed by atoms with Crippen molar-refractivity contribution in [2.45, 2.75) is 62.7 Å². The summed E-state index contributed by atoms with van der Waals surface area (Å²) in [4.78, 5) is 14.1. The molecular weight excluding hydrogens is 464 g/mol. The number of ether oxygens (including phenoxy) is 1. The highest BCUT2D eigenvalue weighted by Crippen LogP contribution is 2.34. The predicted octanol–water partition coefficient (Wildman–Crippen LogP) is 1.17. The molecular formula is C24H28N8O4. The Morgan fingerprint density at radius 3 is 2.64 bits per heavy atom. The predicted molar refractivity (Wildman–Crippen MR) is 129 cm³/mol. The minimum absolute atomic E-state index is 0.277. The normalized spacial score (nSPS) is 24.6. The van der Waals surface area contributed by atoms with Crippen LogP contribution >= 0.6 is 0 Å². The number of anilines is 1. The Morgan fingerprint density at radius 2 is 1.89 bits per heavy atom. The Morgan fingerprint density at radius 1 is 1.08 bits per heavy atom. The SMILES string of the molecule is OC[C@H]1OC(n2cnc3c(NC4CCCC4)nc(-c4[nH]nnc4Cc4ccccc4)nc32)[C@H](O)[C@@H]1O. The molecule has 5 N–H and O–H groups in total. The number of aliphatic hydroxyl groups is 3. The van der Waals surface area contributed by atoms with Gasteiger partial charge in [-0.3, -0.25) is 9.67 Å². The van der Waals surface area contributed by atoms with Crippen LogP contribution in [0.4, 0.5) is 5.82 Å². The number of fused-ring (bicyclic) bond motifs is 1. The van der Waals surface area contributed by atoms with Gasteiger partial charge in [0.1, 0.15) is 24.0 Å². The first-order valence-electron chi connectivity index (χ1n) is 12.2. The first-order chi connectivity index (χ1) is 17.6. The van der Waals surface area contributed by atoms with E-state index in [9.17, 15) is 15.3 Å². The smallest absolute Gasteiger partial charge is 0.183 e. The molecule has 0 spiro atoms. The molecule has 1 aromatic carbocycles. The molecule has 4 aromatic rings. The van der Waals surface area contributed by atoms with Gasteiger partial charge in [-0.2, -0.15) is 0 Å². The van der Waals surface area contributed by atoms with Crippen molar-refractivity contribution in [1.82, 2.24) is 34.9 Å². The second-order valence-electron chi connectivity index (χ2n) is 9.37. The number of nitrogens with one attached hydrogen (secondary N) is 2.